The highest BCUT2D eigenvalue weighted by Crippen LogP contribution is 2.36. The molecule has 3 atom stereocenters. The Bertz CT molecular complexity index is 985. The molecule has 198 valence electrons. The van der Waals surface area contributed by atoms with E-state index in [-0.39, 0.29) is 0 Å². The molecule has 5 heteroatoms. The van der Waals surface area contributed by atoms with Gasteiger partial charge in [0.2, 0.25) is 0 Å². The van der Waals surface area contributed by atoms with E-state index in [0.29, 0.717) is 17.1 Å². The van der Waals surface area contributed by atoms with Gasteiger partial charge in [0.1, 0.15) is 5.75 Å². The Kier molecular flexibility index (Phi) is 9.38. The van der Waals surface area contributed by atoms with Crippen molar-refractivity contribution < 1.29 is 9.84 Å². The molecule has 4 nitrogen and oxygen atoms in total. The van der Waals surface area contributed by atoms with Crippen molar-refractivity contribution in [3.8, 4) is 5.75 Å². The number of piperidine rings is 1. The number of benzene rings is 2. The Morgan fingerprint density at radius 1 is 1.00 bits per heavy atom. The Labute approximate surface area is 223 Å². The SMILES string of the molecule is Cc1c(CN2C(C)CCC2CC(C)(O)c2ccc(Cl)cc2)ccc(OCCCN2CCCCC2)c1C. The van der Waals surface area contributed by atoms with Crippen molar-refractivity contribution >= 4 is 11.6 Å². The van der Waals surface area contributed by atoms with Crippen LogP contribution in [0.15, 0.2) is 36.4 Å². The molecule has 2 aliphatic rings. The maximum Gasteiger partial charge on any atom is 0.122 e. The van der Waals surface area contributed by atoms with Crippen molar-refractivity contribution in [2.45, 2.75) is 96.9 Å². The molecule has 0 aromatic heterocycles. The highest BCUT2D eigenvalue weighted by molar-refractivity contribution is 6.30. The molecule has 2 heterocycles. The summed E-state index contributed by atoms with van der Waals surface area (Å²) in [5, 5.41) is 12.0. The first kappa shape index (κ1) is 27.4. The first-order valence-electron chi connectivity index (χ1n) is 13.9. The number of hydrogen-bond donors (Lipinski definition) is 1. The summed E-state index contributed by atoms with van der Waals surface area (Å²) in [4.78, 5) is 5.16. The third kappa shape index (κ3) is 6.83. The van der Waals surface area contributed by atoms with Gasteiger partial charge in [-0.25, -0.2) is 0 Å². The van der Waals surface area contributed by atoms with E-state index in [2.05, 4.69) is 42.7 Å². The fraction of sp³-hybridized carbons (Fsp3) is 0.613. The minimum absolute atomic E-state index is 0.344. The third-order valence-electron chi connectivity index (χ3n) is 8.58. The Morgan fingerprint density at radius 2 is 1.72 bits per heavy atom. The molecule has 2 aliphatic heterocycles. The molecule has 0 saturated carbocycles. The highest BCUT2D eigenvalue weighted by atomic mass is 35.5. The van der Waals surface area contributed by atoms with Crippen molar-refractivity contribution in [1.82, 2.24) is 9.80 Å². The second kappa shape index (κ2) is 12.3. The first-order valence-corrected chi connectivity index (χ1v) is 14.3. The second-order valence-electron chi connectivity index (χ2n) is 11.3. The smallest absolute Gasteiger partial charge is 0.122 e. The van der Waals surface area contributed by atoms with E-state index in [9.17, 15) is 5.11 Å². The van der Waals surface area contributed by atoms with Crippen LogP contribution in [0.25, 0.3) is 0 Å². The van der Waals surface area contributed by atoms with E-state index in [1.807, 2.05) is 31.2 Å². The van der Waals surface area contributed by atoms with Crippen molar-refractivity contribution in [2.75, 3.05) is 26.2 Å². The van der Waals surface area contributed by atoms with Gasteiger partial charge in [-0.15, -0.1) is 0 Å². The van der Waals surface area contributed by atoms with Gasteiger partial charge in [-0.3, -0.25) is 4.90 Å². The molecule has 0 spiro atoms. The van der Waals surface area contributed by atoms with E-state index in [1.54, 1.807) is 0 Å². The first-order chi connectivity index (χ1) is 17.2. The van der Waals surface area contributed by atoms with Crippen LogP contribution in [-0.4, -0.2) is 53.2 Å². The van der Waals surface area contributed by atoms with Crippen LogP contribution in [0.4, 0.5) is 0 Å². The lowest BCUT2D eigenvalue weighted by Gasteiger charge is -2.34. The van der Waals surface area contributed by atoms with E-state index >= 15 is 0 Å². The lowest BCUT2D eigenvalue weighted by atomic mass is 9.88. The lowest BCUT2D eigenvalue weighted by Crippen LogP contribution is -2.39. The Balaban J connectivity index is 1.36. The third-order valence-corrected chi connectivity index (χ3v) is 8.83. The Morgan fingerprint density at radius 3 is 2.44 bits per heavy atom. The van der Waals surface area contributed by atoms with Crippen molar-refractivity contribution in [3.63, 3.8) is 0 Å². The summed E-state index contributed by atoms with van der Waals surface area (Å²) in [6.45, 7) is 14.0. The quantitative estimate of drug-likeness (QED) is 0.352. The summed E-state index contributed by atoms with van der Waals surface area (Å²) in [6, 6.07) is 12.9. The van der Waals surface area contributed by atoms with Gasteiger partial charge in [-0.2, -0.15) is 0 Å². The molecule has 2 aromatic carbocycles. The number of nitrogens with zero attached hydrogens (tertiary/aromatic N) is 2. The van der Waals surface area contributed by atoms with Crippen molar-refractivity contribution in [1.29, 1.82) is 0 Å². The molecule has 0 aliphatic carbocycles. The second-order valence-corrected chi connectivity index (χ2v) is 11.8. The molecule has 0 bridgehead atoms. The molecule has 0 radical (unpaired) electrons. The fourth-order valence-corrected chi connectivity index (χ4v) is 6.17. The minimum atomic E-state index is -0.881. The van der Waals surface area contributed by atoms with E-state index in [4.69, 9.17) is 16.3 Å². The van der Waals surface area contributed by atoms with Gasteiger partial charge in [0.15, 0.2) is 0 Å². The molecule has 2 aromatic rings. The van der Waals surface area contributed by atoms with Gasteiger partial charge in [0, 0.05) is 30.2 Å². The fourth-order valence-electron chi connectivity index (χ4n) is 6.04. The number of hydrogen-bond acceptors (Lipinski definition) is 4. The van der Waals surface area contributed by atoms with Crippen molar-refractivity contribution in [3.05, 3.63) is 63.7 Å². The van der Waals surface area contributed by atoms with Gasteiger partial charge in [-0.05, 0) is 120 Å². The van der Waals surface area contributed by atoms with Crippen LogP contribution >= 0.6 is 11.6 Å². The Hall–Kier alpha value is -1.59. The van der Waals surface area contributed by atoms with Gasteiger partial charge >= 0.3 is 0 Å². The zero-order valence-corrected chi connectivity index (χ0v) is 23.5. The number of halogens is 1. The van der Waals surface area contributed by atoms with Gasteiger partial charge in [0.25, 0.3) is 0 Å². The lowest BCUT2D eigenvalue weighted by molar-refractivity contribution is 0.0162. The van der Waals surface area contributed by atoms with Crippen molar-refractivity contribution in [2.24, 2.45) is 0 Å². The molecule has 3 unspecified atom stereocenters. The zero-order chi connectivity index (χ0) is 25.7. The topological polar surface area (TPSA) is 35.9 Å². The van der Waals surface area contributed by atoms with E-state index < -0.39 is 5.60 Å². The maximum absolute atomic E-state index is 11.3. The van der Waals surface area contributed by atoms with Crippen LogP contribution < -0.4 is 4.74 Å². The summed E-state index contributed by atoms with van der Waals surface area (Å²) in [5.74, 6) is 1.02. The predicted molar refractivity (Wildman–Crippen MR) is 150 cm³/mol. The van der Waals surface area contributed by atoms with E-state index in [0.717, 1.165) is 56.7 Å². The predicted octanol–water partition coefficient (Wildman–Crippen LogP) is 6.86. The maximum atomic E-state index is 11.3. The number of aliphatic hydroxyl groups is 1. The minimum Gasteiger partial charge on any atom is -0.493 e. The van der Waals surface area contributed by atoms with Gasteiger partial charge in [-0.1, -0.05) is 36.2 Å². The van der Waals surface area contributed by atoms with Crippen LogP contribution in [0.5, 0.6) is 5.75 Å². The molecule has 2 saturated heterocycles. The summed E-state index contributed by atoms with van der Waals surface area (Å²) >= 11 is 6.07. The zero-order valence-electron chi connectivity index (χ0n) is 22.7. The number of likely N-dealkylation sites (tertiary alicyclic amines) is 2. The monoisotopic (exact) mass is 512 g/mol. The average Bonchev–Trinajstić information content (AvgIpc) is 3.20. The average molecular weight is 513 g/mol. The highest BCUT2D eigenvalue weighted by Gasteiger charge is 2.36. The normalized spacial score (nSPS) is 23.1. The summed E-state index contributed by atoms with van der Waals surface area (Å²) < 4.78 is 6.22. The number of rotatable bonds is 10. The van der Waals surface area contributed by atoms with Gasteiger partial charge < -0.3 is 14.7 Å². The van der Waals surface area contributed by atoms with Crippen LogP contribution in [0, 0.1) is 13.8 Å². The largest absolute Gasteiger partial charge is 0.493 e. The van der Waals surface area contributed by atoms with Crippen LogP contribution in [0.2, 0.25) is 5.02 Å². The molecular formula is C31H45ClN2O2. The van der Waals surface area contributed by atoms with Crippen LogP contribution in [0.1, 0.15) is 81.0 Å². The molecule has 36 heavy (non-hydrogen) atoms. The molecule has 4 rings (SSSR count). The molecule has 0 amide bonds. The molecular weight excluding hydrogens is 468 g/mol. The van der Waals surface area contributed by atoms with E-state index in [1.165, 1.54) is 49.0 Å². The molecule has 1 N–H and O–H groups in total. The molecule has 2 fully saturated rings. The standard InChI is InChI=1S/C31H45ClN2O2/c1-23-9-15-29(21-31(4,35)27-11-13-28(32)14-12-27)34(23)22-26-10-16-30(25(3)24(26)2)36-20-8-19-33-17-6-5-7-18-33/h10-14,16,23,29,35H,5-9,15,17-22H2,1-4H3. The van der Waals surface area contributed by atoms with Crippen LogP contribution in [-0.2, 0) is 12.1 Å². The van der Waals surface area contributed by atoms with Gasteiger partial charge in [0.05, 0.1) is 12.2 Å². The summed E-state index contributed by atoms with van der Waals surface area (Å²) in [6.07, 6.45) is 8.15. The summed E-state index contributed by atoms with van der Waals surface area (Å²) in [5.41, 5.74) is 3.99. The summed E-state index contributed by atoms with van der Waals surface area (Å²) in [7, 11) is 0. The number of ether oxygens (including phenoxy) is 1. The van der Waals surface area contributed by atoms with Crippen LogP contribution in [0.3, 0.4) is 0 Å².